The van der Waals surface area contributed by atoms with Crippen molar-refractivity contribution in [1.82, 2.24) is 0 Å². The third kappa shape index (κ3) is 2.28. The number of benzene rings is 2. The van der Waals surface area contributed by atoms with Gasteiger partial charge in [0.25, 0.3) is 0 Å². The van der Waals surface area contributed by atoms with Crippen molar-refractivity contribution < 1.29 is 0 Å². The predicted molar refractivity (Wildman–Crippen MR) is 77.4 cm³/mol. The highest BCUT2D eigenvalue weighted by molar-refractivity contribution is 6.30. The molecule has 2 atom stereocenters. The summed E-state index contributed by atoms with van der Waals surface area (Å²) in [5, 5.41) is 0.924. The Morgan fingerprint density at radius 3 is 2.44 bits per heavy atom. The Hall–Kier alpha value is -0.980. The van der Waals surface area contributed by atoms with Crippen LogP contribution in [0, 0.1) is 5.92 Å². The summed E-state index contributed by atoms with van der Waals surface area (Å²) in [6.07, 6.45) is 2.09. The molecule has 3 rings (SSSR count). The highest BCUT2D eigenvalue weighted by atomic mass is 35.5. The first-order chi connectivity index (χ1) is 8.74. The lowest BCUT2D eigenvalue weighted by molar-refractivity contribution is 0.543. The zero-order valence-electron chi connectivity index (χ0n) is 9.94. The molecule has 0 aliphatic heterocycles. The summed E-state index contributed by atoms with van der Waals surface area (Å²) >= 11 is 12.5. The van der Waals surface area contributed by atoms with E-state index in [1.165, 1.54) is 16.7 Å². The van der Waals surface area contributed by atoms with Crippen LogP contribution < -0.4 is 0 Å². The molecule has 92 valence electrons. The summed E-state index contributed by atoms with van der Waals surface area (Å²) in [5.74, 6) is 0.491. The maximum atomic E-state index is 6.56. The van der Waals surface area contributed by atoms with Crippen LogP contribution in [0.1, 0.15) is 22.1 Å². The van der Waals surface area contributed by atoms with E-state index in [-0.39, 0.29) is 5.38 Å². The highest BCUT2D eigenvalue weighted by Crippen LogP contribution is 2.42. The van der Waals surface area contributed by atoms with Crippen LogP contribution in [0.2, 0.25) is 5.02 Å². The minimum atomic E-state index is 0.136. The molecule has 0 nitrogen and oxygen atoms in total. The highest BCUT2D eigenvalue weighted by Gasteiger charge is 2.30. The molecule has 0 heterocycles. The van der Waals surface area contributed by atoms with Crippen LogP contribution in [0.3, 0.4) is 0 Å². The molecule has 2 aromatic rings. The van der Waals surface area contributed by atoms with Gasteiger partial charge in [-0.2, -0.15) is 0 Å². The number of hydrogen-bond donors (Lipinski definition) is 0. The van der Waals surface area contributed by atoms with Gasteiger partial charge >= 0.3 is 0 Å². The summed E-state index contributed by atoms with van der Waals surface area (Å²) in [4.78, 5) is 0. The molecule has 0 bridgehead atoms. The Morgan fingerprint density at radius 2 is 1.72 bits per heavy atom. The molecule has 0 fully saturated rings. The molecular formula is C16H14Cl2. The predicted octanol–water partition coefficient (Wildman–Crippen LogP) is 5.03. The summed E-state index contributed by atoms with van der Waals surface area (Å²) in [6, 6.07) is 16.6. The third-order valence-electron chi connectivity index (χ3n) is 3.66. The van der Waals surface area contributed by atoms with E-state index in [1.807, 2.05) is 12.1 Å². The van der Waals surface area contributed by atoms with Gasteiger partial charge in [-0.3, -0.25) is 0 Å². The first-order valence-corrected chi connectivity index (χ1v) is 7.02. The Labute approximate surface area is 118 Å². The van der Waals surface area contributed by atoms with E-state index in [4.69, 9.17) is 23.2 Å². The van der Waals surface area contributed by atoms with Gasteiger partial charge < -0.3 is 0 Å². The lowest BCUT2D eigenvalue weighted by Gasteiger charge is -2.14. The monoisotopic (exact) mass is 276 g/mol. The number of fused-ring (bicyclic) bond motifs is 1. The van der Waals surface area contributed by atoms with Crippen molar-refractivity contribution in [2.75, 3.05) is 0 Å². The van der Waals surface area contributed by atoms with Gasteiger partial charge in [-0.05, 0) is 47.6 Å². The first-order valence-electron chi connectivity index (χ1n) is 6.20. The molecule has 1 aliphatic rings. The second kappa shape index (κ2) is 4.95. The lowest BCUT2D eigenvalue weighted by Crippen LogP contribution is -2.06. The third-order valence-corrected chi connectivity index (χ3v) is 4.50. The van der Waals surface area contributed by atoms with Gasteiger partial charge in [-0.15, -0.1) is 11.6 Å². The molecule has 18 heavy (non-hydrogen) atoms. The van der Waals surface area contributed by atoms with Crippen LogP contribution in [-0.2, 0) is 12.8 Å². The molecule has 0 amide bonds. The number of hydrogen-bond acceptors (Lipinski definition) is 0. The second-order valence-corrected chi connectivity index (χ2v) is 5.80. The number of rotatable bonds is 2. The normalized spacial score (nSPS) is 21.9. The van der Waals surface area contributed by atoms with E-state index < -0.39 is 0 Å². The van der Waals surface area contributed by atoms with Gasteiger partial charge in [0, 0.05) is 5.02 Å². The van der Waals surface area contributed by atoms with Crippen LogP contribution in [0.4, 0.5) is 0 Å². The van der Waals surface area contributed by atoms with Gasteiger partial charge in [0.2, 0.25) is 0 Å². The number of alkyl halides is 1. The standard InChI is InChI=1S/C16H14Cl2/c17-14-7-5-11(6-8-14)9-13-10-12-3-1-2-4-15(12)16(13)18/h1-8,13,16H,9-10H2. The topological polar surface area (TPSA) is 0 Å². The Bertz CT molecular complexity index is 545. The quantitative estimate of drug-likeness (QED) is 0.675. The Morgan fingerprint density at radius 1 is 1.00 bits per heavy atom. The van der Waals surface area contributed by atoms with E-state index in [2.05, 4.69) is 36.4 Å². The molecule has 0 N–H and O–H groups in total. The van der Waals surface area contributed by atoms with Crippen LogP contribution >= 0.6 is 23.2 Å². The zero-order valence-corrected chi connectivity index (χ0v) is 11.5. The molecule has 1 aliphatic carbocycles. The van der Waals surface area contributed by atoms with Crippen molar-refractivity contribution in [3.8, 4) is 0 Å². The molecule has 0 saturated carbocycles. The van der Waals surface area contributed by atoms with Gasteiger partial charge in [-0.1, -0.05) is 48.0 Å². The maximum absolute atomic E-state index is 6.56. The zero-order chi connectivity index (χ0) is 12.5. The summed E-state index contributed by atoms with van der Waals surface area (Å²) in [7, 11) is 0. The Kier molecular flexibility index (Phi) is 3.32. The van der Waals surface area contributed by atoms with Crippen molar-refractivity contribution in [3.63, 3.8) is 0 Å². The molecular weight excluding hydrogens is 263 g/mol. The molecule has 2 heteroatoms. The smallest absolute Gasteiger partial charge is 0.0622 e. The van der Waals surface area contributed by atoms with Crippen LogP contribution in [0.25, 0.3) is 0 Å². The minimum Gasteiger partial charge on any atom is -0.117 e. The van der Waals surface area contributed by atoms with Gasteiger partial charge in [-0.25, -0.2) is 0 Å². The van der Waals surface area contributed by atoms with Crippen LogP contribution in [-0.4, -0.2) is 0 Å². The molecule has 0 spiro atoms. The van der Waals surface area contributed by atoms with E-state index in [0.717, 1.165) is 17.9 Å². The van der Waals surface area contributed by atoms with E-state index >= 15 is 0 Å². The molecule has 2 aromatic carbocycles. The van der Waals surface area contributed by atoms with Gasteiger partial charge in [0.05, 0.1) is 5.38 Å². The fourth-order valence-electron chi connectivity index (χ4n) is 2.73. The fraction of sp³-hybridized carbons (Fsp3) is 0.250. The number of halogens is 2. The summed E-state index contributed by atoms with van der Waals surface area (Å²) < 4.78 is 0. The maximum Gasteiger partial charge on any atom is 0.0622 e. The fourth-order valence-corrected chi connectivity index (χ4v) is 3.24. The minimum absolute atomic E-state index is 0.136. The van der Waals surface area contributed by atoms with Crippen molar-refractivity contribution in [3.05, 3.63) is 70.2 Å². The largest absolute Gasteiger partial charge is 0.117 e. The van der Waals surface area contributed by atoms with Gasteiger partial charge in [0.1, 0.15) is 0 Å². The Balaban J connectivity index is 1.78. The molecule has 2 unspecified atom stereocenters. The van der Waals surface area contributed by atoms with Crippen molar-refractivity contribution in [2.45, 2.75) is 18.2 Å². The van der Waals surface area contributed by atoms with Crippen molar-refractivity contribution in [1.29, 1.82) is 0 Å². The molecule has 0 radical (unpaired) electrons. The second-order valence-electron chi connectivity index (χ2n) is 4.90. The average Bonchev–Trinajstić information content (AvgIpc) is 2.70. The molecule has 0 aromatic heterocycles. The van der Waals surface area contributed by atoms with Crippen LogP contribution in [0.15, 0.2) is 48.5 Å². The summed E-state index contributed by atoms with van der Waals surface area (Å²) in [6.45, 7) is 0. The first kappa shape index (κ1) is 12.1. The van der Waals surface area contributed by atoms with E-state index in [9.17, 15) is 0 Å². The molecule has 0 saturated heterocycles. The van der Waals surface area contributed by atoms with E-state index in [1.54, 1.807) is 0 Å². The van der Waals surface area contributed by atoms with Crippen LogP contribution in [0.5, 0.6) is 0 Å². The summed E-state index contributed by atoms with van der Waals surface area (Å²) in [5.41, 5.74) is 4.01. The SMILES string of the molecule is Clc1ccc(CC2Cc3ccccc3C2Cl)cc1. The van der Waals surface area contributed by atoms with Crippen molar-refractivity contribution in [2.24, 2.45) is 5.92 Å². The van der Waals surface area contributed by atoms with Crippen molar-refractivity contribution >= 4 is 23.2 Å². The van der Waals surface area contributed by atoms with E-state index in [0.29, 0.717) is 5.92 Å². The van der Waals surface area contributed by atoms with Gasteiger partial charge in [0.15, 0.2) is 0 Å². The average molecular weight is 277 g/mol. The lowest BCUT2D eigenvalue weighted by atomic mass is 9.96.